The van der Waals surface area contributed by atoms with Crippen molar-refractivity contribution in [3.63, 3.8) is 0 Å². The highest BCUT2D eigenvalue weighted by Gasteiger charge is 2.30. The maximum atomic E-state index is 13.4. The Morgan fingerprint density at radius 3 is 2.15 bits per heavy atom. The van der Waals surface area contributed by atoms with E-state index in [-0.39, 0.29) is 18.8 Å². The molecule has 0 saturated carbocycles. The molecule has 0 radical (unpaired) electrons. The lowest BCUT2D eigenvalue weighted by Crippen LogP contribution is -2.57. The van der Waals surface area contributed by atoms with Crippen molar-refractivity contribution in [2.24, 2.45) is 11.7 Å². The monoisotopic (exact) mass is 535 g/mol. The fraction of sp³-hybridized carbons (Fsp3) is 0.379. The molecule has 10 nitrogen and oxygen atoms in total. The number of carboxylic acid groups (broad SMARTS) is 1. The number of carbonyl (C=O) groups is 4. The van der Waals surface area contributed by atoms with Crippen molar-refractivity contribution >= 4 is 34.6 Å². The average molecular weight is 536 g/mol. The SMILES string of the molecule is CCC(C)C(N)C(=O)NC(C)C(=O)NC(Cc1ccccc1)C(=O)NC(Cc1c[nH]c2ccccc12)C(=O)O. The predicted octanol–water partition coefficient (Wildman–Crippen LogP) is 1.89. The van der Waals surface area contributed by atoms with E-state index in [0.29, 0.717) is 6.42 Å². The third-order valence-corrected chi connectivity index (χ3v) is 6.94. The Bertz CT molecular complexity index is 1290. The maximum absolute atomic E-state index is 13.4. The van der Waals surface area contributed by atoms with Gasteiger partial charge in [-0.25, -0.2) is 4.79 Å². The number of H-pyrrole nitrogens is 1. The van der Waals surface area contributed by atoms with E-state index >= 15 is 0 Å². The molecule has 0 aliphatic carbocycles. The fourth-order valence-electron chi connectivity index (χ4n) is 4.24. The first-order valence-electron chi connectivity index (χ1n) is 13.1. The number of fused-ring (bicyclic) bond motifs is 1. The number of nitrogens with one attached hydrogen (secondary N) is 4. The Labute approximate surface area is 227 Å². The van der Waals surface area contributed by atoms with Crippen molar-refractivity contribution in [1.82, 2.24) is 20.9 Å². The minimum Gasteiger partial charge on any atom is -0.480 e. The van der Waals surface area contributed by atoms with Crippen LogP contribution in [0.25, 0.3) is 10.9 Å². The number of aliphatic carboxylic acids is 1. The van der Waals surface area contributed by atoms with Crippen LogP contribution < -0.4 is 21.7 Å². The van der Waals surface area contributed by atoms with Crippen LogP contribution in [0.5, 0.6) is 0 Å². The molecule has 0 fully saturated rings. The van der Waals surface area contributed by atoms with Gasteiger partial charge >= 0.3 is 5.97 Å². The van der Waals surface area contributed by atoms with E-state index in [0.717, 1.165) is 22.0 Å². The van der Waals surface area contributed by atoms with Gasteiger partial charge in [0.15, 0.2) is 0 Å². The van der Waals surface area contributed by atoms with Crippen LogP contribution >= 0.6 is 0 Å². The van der Waals surface area contributed by atoms with E-state index in [1.807, 2.05) is 68.4 Å². The third-order valence-electron chi connectivity index (χ3n) is 6.94. The van der Waals surface area contributed by atoms with Crippen LogP contribution in [-0.4, -0.2) is 57.9 Å². The number of aromatic nitrogens is 1. The maximum Gasteiger partial charge on any atom is 0.326 e. The first kappa shape index (κ1) is 29.4. The summed E-state index contributed by atoms with van der Waals surface area (Å²) >= 11 is 0. The van der Waals surface area contributed by atoms with Crippen molar-refractivity contribution in [3.05, 3.63) is 71.9 Å². The first-order chi connectivity index (χ1) is 18.6. The highest BCUT2D eigenvalue weighted by Crippen LogP contribution is 2.19. The molecule has 208 valence electrons. The molecule has 0 saturated heterocycles. The molecule has 3 aromatic rings. The van der Waals surface area contributed by atoms with Crippen LogP contribution in [0.15, 0.2) is 60.8 Å². The third kappa shape index (κ3) is 7.90. The van der Waals surface area contributed by atoms with Crippen LogP contribution in [-0.2, 0) is 32.0 Å². The molecule has 0 aliphatic heterocycles. The van der Waals surface area contributed by atoms with E-state index < -0.39 is 47.9 Å². The fourth-order valence-corrected chi connectivity index (χ4v) is 4.24. The van der Waals surface area contributed by atoms with E-state index in [2.05, 4.69) is 20.9 Å². The number of benzene rings is 2. The summed E-state index contributed by atoms with van der Waals surface area (Å²) in [6.45, 7) is 5.28. The predicted molar refractivity (Wildman–Crippen MR) is 149 cm³/mol. The van der Waals surface area contributed by atoms with Gasteiger partial charge in [0, 0.05) is 29.9 Å². The van der Waals surface area contributed by atoms with Crippen LogP contribution in [0.4, 0.5) is 0 Å². The van der Waals surface area contributed by atoms with Crippen molar-refractivity contribution < 1.29 is 24.3 Å². The van der Waals surface area contributed by atoms with Crippen molar-refractivity contribution in [2.45, 2.75) is 64.2 Å². The van der Waals surface area contributed by atoms with Gasteiger partial charge in [0.1, 0.15) is 18.1 Å². The molecule has 3 rings (SSSR count). The zero-order valence-electron chi connectivity index (χ0n) is 22.4. The lowest BCUT2D eigenvalue weighted by Gasteiger charge is -2.24. The molecule has 5 unspecified atom stereocenters. The summed E-state index contributed by atoms with van der Waals surface area (Å²) in [5, 5.41) is 18.6. The number of hydrogen-bond donors (Lipinski definition) is 6. The summed E-state index contributed by atoms with van der Waals surface area (Å²) in [7, 11) is 0. The molecular formula is C29H37N5O5. The largest absolute Gasteiger partial charge is 0.480 e. The lowest BCUT2D eigenvalue weighted by molar-refractivity contribution is -0.142. The zero-order valence-corrected chi connectivity index (χ0v) is 22.4. The molecule has 1 heterocycles. The second-order valence-electron chi connectivity index (χ2n) is 9.86. The number of rotatable bonds is 13. The minimum absolute atomic E-state index is 0.0526. The normalized spacial score (nSPS) is 15.0. The van der Waals surface area contributed by atoms with Gasteiger partial charge in [0.05, 0.1) is 6.04 Å². The molecule has 1 aromatic heterocycles. The molecule has 3 amide bonds. The number of amides is 3. The molecule has 0 bridgehead atoms. The van der Waals surface area contributed by atoms with Gasteiger partial charge in [-0.15, -0.1) is 0 Å². The second kappa shape index (κ2) is 13.6. The van der Waals surface area contributed by atoms with Gasteiger partial charge in [0.25, 0.3) is 0 Å². The summed E-state index contributed by atoms with van der Waals surface area (Å²) in [5.41, 5.74) is 8.36. The van der Waals surface area contributed by atoms with E-state index in [1.165, 1.54) is 6.92 Å². The van der Waals surface area contributed by atoms with Crippen LogP contribution in [0.3, 0.4) is 0 Å². The first-order valence-corrected chi connectivity index (χ1v) is 13.1. The highest BCUT2D eigenvalue weighted by atomic mass is 16.4. The summed E-state index contributed by atoms with van der Waals surface area (Å²) in [6.07, 6.45) is 2.62. The molecule has 5 atom stereocenters. The average Bonchev–Trinajstić information content (AvgIpc) is 3.34. The molecule has 7 N–H and O–H groups in total. The van der Waals surface area contributed by atoms with Gasteiger partial charge in [0.2, 0.25) is 17.7 Å². The lowest BCUT2D eigenvalue weighted by atomic mass is 9.99. The number of nitrogens with two attached hydrogens (primary N) is 1. The summed E-state index contributed by atoms with van der Waals surface area (Å²) in [6, 6.07) is 12.5. The van der Waals surface area contributed by atoms with E-state index in [1.54, 1.807) is 6.20 Å². The number of carbonyl (C=O) groups excluding carboxylic acids is 3. The van der Waals surface area contributed by atoms with Crippen LogP contribution in [0.1, 0.15) is 38.3 Å². The Morgan fingerprint density at radius 2 is 1.49 bits per heavy atom. The molecule has 39 heavy (non-hydrogen) atoms. The second-order valence-corrected chi connectivity index (χ2v) is 9.86. The van der Waals surface area contributed by atoms with Gasteiger partial charge in [-0.1, -0.05) is 68.8 Å². The Hall–Kier alpha value is -4.18. The van der Waals surface area contributed by atoms with Crippen molar-refractivity contribution in [3.8, 4) is 0 Å². The van der Waals surface area contributed by atoms with Crippen LogP contribution in [0.2, 0.25) is 0 Å². The van der Waals surface area contributed by atoms with Gasteiger partial charge in [-0.05, 0) is 30.0 Å². The minimum atomic E-state index is -1.22. The standard InChI is InChI=1S/C29H37N5O5/c1-4-17(2)25(30)28(37)32-18(3)26(35)33-23(14-19-10-6-5-7-11-19)27(36)34-24(29(38)39)15-20-16-31-22-13-9-8-12-21(20)22/h5-13,16-18,23-25,31H,4,14-15,30H2,1-3H3,(H,32,37)(H,33,35)(H,34,36)(H,38,39). The smallest absolute Gasteiger partial charge is 0.326 e. The molecule has 0 aliphatic rings. The molecule has 2 aromatic carbocycles. The number of aromatic amines is 1. The number of hydrogen-bond acceptors (Lipinski definition) is 5. The quantitative estimate of drug-likeness (QED) is 0.195. The number of para-hydroxylation sites is 1. The molecular weight excluding hydrogens is 498 g/mol. The van der Waals surface area contributed by atoms with E-state index in [4.69, 9.17) is 5.73 Å². The molecule has 10 heteroatoms. The number of carboxylic acids is 1. The molecule has 0 spiro atoms. The van der Waals surface area contributed by atoms with Gasteiger partial charge in [-0.3, -0.25) is 14.4 Å². The van der Waals surface area contributed by atoms with Gasteiger partial charge < -0.3 is 31.8 Å². The summed E-state index contributed by atoms with van der Waals surface area (Å²) < 4.78 is 0. The Kier molecular flexibility index (Phi) is 10.2. The van der Waals surface area contributed by atoms with Crippen molar-refractivity contribution in [2.75, 3.05) is 0 Å². The summed E-state index contributed by atoms with van der Waals surface area (Å²) in [4.78, 5) is 54.0. The Morgan fingerprint density at radius 1 is 0.846 bits per heavy atom. The summed E-state index contributed by atoms with van der Waals surface area (Å²) in [5.74, 6) is -2.95. The van der Waals surface area contributed by atoms with Crippen molar-refractivity contribution in [1.29, 1.82) is 0 Å². The zero-order chi connectivity index (χ0) is 28.5. The van der Waals surface area contributed by atoms with Gasteiger partial charge in [-0.2, -0.15) is 0 Å². The topological polar surface area (TPSA) is 166 Å². The highest BCUT2D eigenvalue weighted by molar-refractivity contribution is 5.94. The van der Waals surface area contributed by atoms with E-state index in [9.17, 15) is 24.3 Å². The Balaban J connectivity index is 1.74. The van der Waals surface area contributed by atoms with Crippen LogP contribution in [0, 0.1) is 5.92 Å².